The highest BCUT2D eigenvalue weighted by atomic mass is 31.2. The predicted molar refractivity (Wildman–Crippen MR) is 293 cm³/mol. The number of carbonyl (C=O) groups is 2. The number of hydrogen-bond acceptors (Lipinski definition) is 7. The van der Waals surface area contributed by atoms with Crippen LogP contribution < -0.4 is 0 Å². The largest absolute Gasteiger partial charge is 0.472 e. The minimum atomic E-state index is -4.39. The zero-order valence-corrected chi connectivity index (χ0v) is 45.7. The van der Waals surface area contributed by atoms with Gasteiger partial charge in [-0.3, -0.25) is 18.6 Å². The Morgan fingerprint density at radius 2 is 0.826 bits per heavy atom. The fourth-order valence-electron chi connectivity index (χ4n) is 7.11. The van der Waals surface area contributed by atoms with Gasteiger partial charge in [0, 0.05) is 12.8 Å². The number of rotatable bonds is 49. The van der Waals surface area contributed by atoms with Crippen LogP contribution in [0.5, 0.6) is 0 Å². The average molecular weight is 985 g/mol. The lowest BCUT2D eigenvalue weighted by atomic mass is 10.0. The maximum atomic E-state index is 12.8. The summed E-state index contributed by atoms with van der Waals surface area (Å²) in [6.07, 6.45) is 67.6. The number of phosphoric ester groups is 1. The molecule has 0 heterocycles. The van der Waals surface area contributed by atoms with Crippen LogP contribution in [0.15, 0.2) is 97.2 Å². The summed E-state index contributed by atoms with van der Waals surface area (Å²) in [5, 5.41) is 0. The summed E-state index contributed by atoms with van der Waals surface area (Å²) in [6, 6.07) is 0. The third-order valence-corrected chi connectivity index (χ3v) is 12.3. The van der Waals surface area contributed by atoms with Gasteiger partial charge >= 0.3 is 19.8 Å². The lowest BCUT2D eigenvalue weighted by Crippen LogP contribution is -2.37. The van der Waals surface area contributed by atoms with Crippen LogP contribution in [0.25, 0.3) is 0 Å². The minimum Gasteiger partial charge on any atom is -0.462 e. The molecule has 396 valence electrons. The molecule has 0 spiro atoms. The molecule has 0 aliphatic heterocycles. The van der Waals surface area contributed by atoms with Crippen LogP contribution in [0.4, 0.5) is 0 Å². The van der Waals surface area contributed by atoms with Crippen LogP contribution in [0.1, 0.15) is 213 Å². The maximum absolute atomic E-state index is 12.8. The molecule has 0 saturated carbocycles. The molecule has 0 radical (unpaired) electrons. The van der Waals surface area contributed by atoms with Crippen LogP contribution in [0.3, 0.4) is 0 Å². The van der Waals surface area contributed by atoms with Gasteiger partial charge in [-0.1, -0.05) is 201 Å². The highest BCUT2D eigenvalue weighted by Crippen LogP contribution is 2.43. The monoisotopic (exact) mass is 985 g/mol. The van der Waals surface area contributed by atoms with Crippen molar-refractivity contribution in [3.8, 4) is 0 Å². The zero-order chi connectivity index (χ0) is 50.6. The number of ether oxygens (including phenoxy) is 2. The SMILES string of the molecule is CC/C=C\C/C=C\C/C=C\C/C=C\C/C=C\C/C=C\C/C=C\CCCCCCCCCCCCCC(=O)OC(COC(=O)CCCCCCC/C=C\CCCCC)COP(=O)(O)OCC[N+](C)(C)C. The molecule has 0 bridgehead atoms. The number of unbranched alkanes of at least 4 members (excludes halogenated alkanes) is 19. The highest BCUT2D eigenvalue weighted by Gasteiger charge is 2.27. The summed E-state index contributed by atoms with van der Waals surface area (Å²) in [5.41, 5.74) is 0. The smallest absolute Gasteiger partial charge is 0.462 e. The molecule has 0 saturated heterocycles. The molecule has 0 aliphatic rings. The summed E-state index contributed by atoms with van der Waals surface area (Å²) in [5.74, 6) is -0.816. The average Bonchev–Trinajstić information content (AvgIpc) is 3.31. The Bertz CT molecular complexity index is 1490. The van der Waals surface area contributed by atoms with Gasteiger partial charge in [0.1, 0.15) is 19.8 Å². The molecule has 0 fully saturated rings. The second-order valence-corrected chi connectivity index (χ2v) is 20.7. The summed E-state index contributed by atoms with van der Waals surface area (Å²) >= 11 is 0. The molecule has 0 rings (SSSR count). The molecule has 69 heavy (non-hydrogen) atoms. The molecule has 0 aromatic carbocycles. The van der Waals surface area contributed by atoms with Crippen molar-refractivity contribution < 1.29 is 42.1 Å². The van der Waals surface area contributed by atoms with E-state index in [1.807, 2.05) is 21.1 Å². The van der Waals surface area contributed by atoms with Crippen molar-refractivity contribution in [3.05, 3.63) is 97.2 Å². The number of hydrogen-bond donors (Lipinski definition) is 1. The number of phosphoric acid groups is 1. The summed E-state index contributed by atoms with van der Waals surface area (Å²) < 4.78 is 34.4. The predicted octanol–water partition coefficient (Wildman–Crippen LogP) is 16.9. The van der Waals surface area contributed by atoms with Crippen LogP contribution in [0, 0.1) is 0 Å². The second-order valence-electron chi connectivity index (χ2n) is 19.2. The van der Waals surface area contributed by atoms with Crippen molar-refractivity contribution >= 4 is 19.8 Å². The molecule has 0 aromatic heterocycles. The van der Waals surface area contributed by atoms with E-state index in [2.05, 4.69) is 111 Å². The number of quaternary nitrogens is 1. The Labute approximate surface area is 423 Å². The molecule has 1 N–H and O–H groups in total. The maximum Gasteiger partial charge on any atom is 0.472 e. The summed E-state index contributed by atoms with van der Waals surface area (Å²) in [6.45, 7) is 4.27. The molecular formula is C59H103NO8P+. The number of carbonyl (C=O) groups excluding carboxylic acids is 2. The first-order valence-corrected chi connectivity index (χ1v) is 29.0. The van der Waals surface area contributed by atoms with Crippen LogP contribution in [-0.2, 0) is 32.7 Å². The van der Waals surface area contributed by atoms with Crippen molar-refractivity contribution in [2.24, 2.45) is 0 Å². The first-order chi connectivity index (χ1) is 33.5. The van der Waals surface area contributed by atoms with Crippen molar-refractivity contribution in [1.82, 2.24) is 0 Å². The molecule has 10 heteroatoms. The fraction of sp³-hybridized carbons (Fsp3) is 0.695. The minimum absolute atomic E-state index is 0.0260. The van der Waals surface area contributed by atoms with Crippen LogP contribution >= 0.6 is 7.82 Å². The summed E-state index contributed by atoms with van der Waals surface area (Å²) in [7, 11) is 1.46. The van der Waals surface area contributed by atoms with Crippen LogP contribution in [0.2, 0.25) is 0 Å². The number of allylic oxidation sites excluding steroid dienone is 16. The highest BCUT2D eigenvalue weighted by molar-refractivity contribution is 7.47. The number of esters is 2. The van der Waals surface area contributed by atoms with Gasteiger partial charge in [-0.05, 0) is 96.3 Å². The van der Waals surface area contributed by atoms with E-state index in [0.717, 1.165) is 109 Å². The quantitative estimate of drug-likeness (QED) is 0.0211. The molecule has 0 aromatic rings. The van der Waals surface area contributed by atoms with Crippen LogP contribution in [-0.4, -0.2) is 74.9 Å². The van der Waals surface area contributed by atoms with Gasteiger partial charge in [0.25, 0.3) is 0 Å². The Balaban J connectivity index is 4.12. The van der Waals surface area contributed by atoms with E-state index in [4.69, 9.17) is 18.5 Å². The number of nitrogens with zero attached hydrogens (tertiary/aromatic N) is 1. The summed E-state index contributed by atoms with van der Waals surface area (Å²) in [4.78, 5) is 35.5. The molecule has 0 amide bonds. The third kappa shape index (κ3) is 54.1. The van der Waals surface area contributed by atoms with Crippen molar-refractivity contribution in [1.29, 1.82) is 0 Å². The van der Waals surface area contributed by atoms with Gasteiger partial charge in [-0.2, -0.15) is 0 Å². The normalized spacial score (nSPS) is 14.1. The molecule has 2 atom stereocenters. The van der Waals surface area contributed by atoms with Gasteiger partial charge in [-0.15, -0.1) is 0 Å². The second kappa shape index (κ2) is 49.9. The van der Waals surface area contributed by atoms with Gasteiger partial charge in [-0.25, -0.2) is 4.57 Å². The Morgan fingerprint density at radius 1 is 0.464 bits per heavy atom. The fourth-order valence-corrected chi connectivity index (χ4v) is 7.85. The Morgan fingerprint density at radius 3 is 1.25 bits per heavy atom. The Kier molecular flexibility index (Phi) is 47.7. The molecular weight excluding hydrogens is 882 g/mol. The third-order valence-electron chi connectivity index (χ3n) is 11.3. The first-order valence-electron chi connectivity index (χ1n) is 27.5. The standard InChI is InChI=1S/C59H102NO8P/c1-6-8-10-12-14-16-18-20-21-22-23-24-25-26-27-28-29-30-31-32-33-34-35-36-37-38-39-40-42-44-46-48-50-52-59(62)68-57(56-67-69(63,64)66-54-53-60(3,4)5)55-65-58(61)51-49-47-45-43-41-19-17-15-13-11-9-7-2/h8,10,14-17,20-21,23-24,26-27,29-30,32-33,57H,6-7,9,11-13,18-19,22,25,28,31,34-56H2,1-5H3/p+1/b10-8-,16-14-,17-15-,21-20-,24-23-,27-26-,30-29-,33-32-. The van der Waals surface area contributed by atoms with Gasteiger partial charge in [0.15, 0.2) is 6.10 Å². The lowest BCUT2D eigenvalue weighted by molar-refractivity contribution is -0.870. The zero-order valence-electron chi connectivity index (χ0n) is 44.8. The van der Waals surface area contributed by atoms with E-state index in [-0.39, 0.29) is 32.0 Å². The van der Waals surface area contributed by atoms with Crippen molar-refractivity contribution in [3.63, 3.8) is 0 Å². The van der Waals surface area contributed by atoms with E-state index >= 15 is 0 Å². The Hall–Kier alpha value is -3.07. The van der Waals surface area contributed by atoms with Gasteiger partial charge in [0.05, 0.1) is 27.7 Å². The van der Waals surface area contributed by atoms with Crippen molar-refractivity contribution in [2.45, 2.75) is 219 Å². The topological polar surface area (TPSA) is 108 Å². The first kappa shape index (κ1) is 65.9. The molecule has 2 unspecified atom stereocenters. The van der Waals surface area contributed by atoms with E-state index in [0.29, 0.717) is 17.4 Å². The molecule has 9 nitrogen and oxygen atoms in total. The van der Waals surface area contributed by atoms with Gasteiger partial charge < -0.3 is 18.9 Å². The van der Waals surface area contributed by atoms with E-state index < -0.39 is 26.5 Å². The molecule has 0 aliphatic carbocycles. The van der Waals surface area contributed by atoms with Gasteiger partial charge in [0.2, 0.25) is 0 Å². The van der Waals surface area contributed by atoms with E-state index in [1.165, 1.54) is 70.6 Å². The van der Waals surface area contributed by atoms with E-state index in [1.54, 1.807) is 0 Å². The number of likely N-dealkylation sites (N-methyl/N-ethyl adjacent to an activating group) is 1. The van der Waals surface area contributed by atoms with E-state index in [9.17, 15) is 19.0 Å². The lowest BCUT2D eigenvalue weighted by Gasteiger charge is -2.24. The van der Waals surface area contributed by atoms with Crippen molar-refractivity contribution in [2.75, 3.05) is 47.5 Å².